The fourth-order valence-corrected chi connectivity index (χ4v) is 2.46. The summed E-state index contributed by atoms with van der Waals surface area (Å²) < 4.78 is 5.48. The van der Waals surface area contributed by atoms with Crippen molar-refractivity contribution in [3.63, 3.8) is 0 Å². The highest BCUT2D eigenvalue weighted by Crippen LogP contribution is 2.33. The minimum Gasteiger partial charge on any atom is -0.384 e. The Labute approximate surface area is 121 Å². The zero-order valence-electron chi connectivity index (χ0n) is 12.6. The van der Waals surface area contributed by atoms with Crippen LogP contribution in [0.2, 0.25) is 0 Å². The number of benzene rings is 1. The number of hydrogen-bond donors (Lipinski definition) is 1. The van der Waals surface area contributed by atoms with E-state index in [2.05, 4.69) is 17.4 Å². The van der Waals surface area contributed by atoms with Crippen LogP contribution in [0.5, 0.6) is 0 Å². The molecular formula is C16H24N2O2. The number of fused-ring (bicyclic) bond motifs is 1. The molecular weight excluding hydrogens is 252 g/mol. The maximum atomic E-state index is 12.2. The molecule has 4 nitrogen and oxygen atoms in total. The molecule has 0 saturated carbocycles. The van der Waals surface area contributed by atoms with E-state index in [1.165, 1.54) is 5.56 Å². The molecule has 1 aromatic carbocycles. The van der Waals surface area contributed by atoms with E-state index in [1.807, 2.05) is 33.0 Å². The normalized spacial score (nSPS) is 16.9. The second-order valence-electron chi connectivity index (χ2n) is 5.60. The van der Waals surface area contributed by atoms with Crippen LogP contribution in [-0.2, 0) is 9.53 Å². The number of nitrogens with one attached hydrogen (secondary N) is 1. The lowest BCUT2D eigenvalue weighted by molar-refractivity contribution is -0.131. The van der Waals surface area contributed by atoms with Crippen LogP contribution in [0.1, 0.15) is 31.7 Å². The molecule has 0 saturated heterocycles. The first-order valence-electron chi connectivity index (χ1n) is 7.26. The van der Waals surface area contributed by atoms with Gasteiger partial charge >= 0.3 is 0 Å². The van der Waals surface area contributed by atoms with Crippen molar-refractivity contribution in [2.75, 3.05) is 32.1 Å². The molecule has 1 N–H and O–H groups in total. The number of rotatable bonds is 6. The zero-order valence-corrected chi connectivity index (χ0v) is 12.6. The van der Waals surface area contributed by atoms with E-state index >= 15 is 0 Å². The fourth-order valence-electron chi connectivity index (χ4n) is 2.46. The summed E-state index contributed by atoms with van der Waals surface area (Å²) in [6, 6.07) is 8.23. The van der Waals surface area contributed by atoms with E-state index < -0.39 is 0 Å². The van der Waals surface area contributed by atoms with Crippen LogP contribution in [0, 0.1) is 0 Å². The van der Waals surface area contributed by atoms with Gasteiger partial charge in [0.25, 0.3) is 0 Å². The summed E-state index contributed by atoms with van der Waals surface area (Å²) in [5, 5.41) is 3.36. The van der Waals surface area contributed by atoms with Crippen LogP contribution in [0.4, 0.5) is 5.69 Å². The van der Waals surface area contributed by atoms with Gasteiger partial charge in [-0.1, -0.05) is 18.2 Å². The first-order chi connectivity index (χ1) is 9.58. The summed E-state index contributed by atoms with van der Waals surface area (Å²) in [7, 11) is 1.85. The number of amides is 1. The van der Waals surface area contributed by atoms with Crippen molar-refractivity contribution in [3.05, 3.63) is 29.8 Å². The third kappa shape index (κ3) is 3.73. The lowest BCUT2D eigenvalue weighted by atomic mass is 9.97. The van der Waals surface area contributed by atoms with Crippen molar-refractivity contribution < 1.29 is 9.53 Å². The van der Waals surface area contributed by atoms with Gasteiger partial charge in [0.15, 0.2) is 0 Å². The number of para-hydroxylation sites is 1. The van der Waals surface area contributed by atoms with Gasteiger partial charge in [-0.15, -0.1) is 0 Å². The topological polar surface area (TPSA) is 41.6 Å². The fraction of sp³-hybridized carbons (Fsp3) is 0.562. The Balaban J connectivity index is 1.83. The Kier molecular flexibility index (Phi) is 5.01. The van der Waals surface area contributed by atoms with Crippen LogP contribution in [0.3, 0.4) is 0 Å². The number of carbonyl (C=O) groups excluding carboxylic acids is 1. The van der Waals surface area contributed by atoms with E-state index in [9.17, 15) is 4.79 Å². The van der Waals surface area contributed by atoms with Crippen molar-refractivity contribution in [1.82, 2.24) is 4.90 Å². The van der Waals surface area contributed by atoms with Crippen molar-refractivity contribution in [3.8, 4) is 0 Å². The summed E-state index contributed by atoms with van der Waals surface area (Å²) in [5.74, 6) is 0.466. The number of nitrogens with zero attached hydrogens (tertiary/aromatic N) is 1. The molecule has 1 heterocycles. The molecule has 0 bridgehead atoms. The van der Waals surface area contributed by atoms with E-state index in [-0.39, 0.29) is 17.9 Å². The second-order valence-corrected chi connectivity index (χ2v) is 5.60. The molecule has 1 aliphatic heterocycles. The maximum Gasteiger partial charge on any atom is 0.223 e. The maximum absolute atomic E-state index is 12.2. The predicted molar refractivity (Wildman–Crippen MR) is 81.0 cm³/mol. The molecule has 4 heteroatoms. The highest BCUT2D eigenvalue weighted by atomic mass is 16.5. The summed E-state index contributed by atoms with van der Waals surface area (Å²) in [6.45, 7) is 6.10. The highest BCUT2D eigenvalue weighted by molar-refractivity contribution is 5.78. The molecule has 1 atom stereocenters. The Morgan fingerprint density at radius 2 is 2.20 bits per heavy atom. The van der Waals surface area contributed by atoms with Gasteiger partial charge in [-0.25, -0.2) is 0 Å². The average Bonchev–Trinajstić information content (AvgIpc) is 2.81. The second kappa shape index (κ2) is 6.75. The first-order valence-corrected chi connectivity index (χ1v) is 7.26. The molecule has 1 aliphatic rings. The number of hydrogen-bond acceptors (Lipinski definition) is 3. The van der Waals surface area contributed by atoms with E-state index in [0.717, 1.165) is 12.2 Å². The number of ether oxygens (including phenoxy) is 1. The Morgan fingerprint density at radius 1 is 1.45 bits per heavy atom. The van der Waals surface area contributed by atoms with E-state index in [4.69, 9.17) is 4.74 Å². The third-order valence-electron chi connectivity index (χ3n) is 3.66. The van der Waals surface area contributed by atoms with Crippen LogP contribution in [-0.4, -0.2) is 43.7 Å². The quantitative estimate of drug-likeness (QED) is 0.868. The summed E-state index contributed by atoms with van der Waals surface area (Å²) in [4.78, 5) is 14.0. The molecule has 1 amide bonds. The van der Waals surface area contributed by atoms with Crippen molar-refractivity contribution in [2.24, 2.45) is 0 Å². The molecule has 2 rings (SSSR count). The molecule has 1 aromatic rings. The molecule has 1 unspecified atom stereocenters. The van der Waals surface area contributed by atoms with E-state index in [0.29, 0.717) is 19.6 Å². The highest BCUT2D eigenvalue weighted by Gasteiger charge is 2.25. The SMILES string of the molecule is CC(C)OCCN(C)C(=O)CC1CNc2ccccc21. The van der Waals surface area contributed by atoms with Gasteiger partial charge in [0.05, 0.1) is 12.7 Å². The van der Waals surface area contributed by atoms with Gasteiger partial charge in [-0.2, -0.15) is 0 Å². The van der Waals surface area contributed by atoms with Gasteiger partial charge in [-0.3, -0.25) is 4.79 Å². The van der Waals surface area contributed by atoms with Crippen molar-refractivity contribution in [1.29, 1.82) is 0 Å². The summed E-state index contributed by atoms with van der Waals surface area (Å²) in [5.41, 5.74) is 2.42. The molecule has 20 heavy (non-hydrogen) atoms. The van der Waals surface area contributed by atoms with Crippen LogP contribution < -0.4 is 5.32 Å². The Hall–Kier alpha value is -1.55. The Morgan fingerprint density at radius 3 is 2.95 bits per heavy atom. The Bertz CT molecular complexity index is 460. The predicted octanol–water partition coefficient (Wildman–Crippen LogP) is 2.47. The molecule has 0 aliphatic carbocycles. The van der Waals surface area contributed by atoms with Crippen LogP contribution in [0.15, 0.2) is 24.3 Å². The van der Waals surface area contributed by atoms with Crippen LogP contribution in [0.25, 0.3) is 0 Å². The zero-order chi connectivity index (χ0) is 14.5. The van der Waals surface area contributed by atoms with Gasteiger partial charge in [-0.05, 0) is 25.5 Å². The molecule has 0 radical (unpaired) electrons. The number of likely N-dealkylation sites (N-methyl/N-ethyl adjacent to an activating group) is 1. The minimum absolute atomic E-state index is 0.181. The minimum atomic E-state index is 0.181. The van der Waals surface area contributed by atoms with Crippen molar-refractivity contribution in [2.45, 2.75) is 32.3 Å². The number of carbonyl (C=O) groups is 1. The van der Waals surface area contributed by atoms with Crippen LogP contribution >= 0.6 is 0 Å². The van der Waals surface area contributed by atoms with Gasteiger partial charge in [0.2, 0.25) is 5.91 Å². The molecule has 0 aromatic heterocycles. The first kappa shape index (κ1) is 14.9. The largest absolute Gasteiger partial charge is 0.384 e. The molecule has 0 spiro atoms. The van der Waals surface area contributed by atoms with Gasteiger partial charge in [0, 0.05) is 38.2 Å². The monoisotopic (exact) mass is 276 g/mol. The summed E-state index contributed by atoms with van der Waals surface area (Å²) >= 11 is 0. The molecule has 110 valence electrons. The third-order valence-corrected chi connectivity index (χ3v) is 3.66. The smallest absolute Gasteiger partial charge is 0.223 e. The number of anilines is 1. The van der Waals surface area contributed by atoms with Gasteiger partial charge in [0.1, 0.15) is 0 Å². The molecule has 0 fully saturated rings. The van der Waals surface area contributed by atoms with Gasteiger partial charge < -0.3 is 15.0 Å². The lowest BCUT2D eigenvalue weighted by Gasteiger charge is -2.20. The van der Waals surface area contributed by atoms with Crippen molar-refractivity contribution >= 4 is 11.6 Å². The lowest BCUT2D eigenvalue weighted by Crippen LogP contribution is -2.32. The summed E-state index contributed by atoms with van der Waals surface area (Å²) in [6.07, 6.45) is 0.770. The average molecular weight is 276 g/mol. The standard InChI is InChI=1S/C16H24N2O2/c1-12(2)20-9-8-18(3)16(19)10-13-11-17-15-7-5-4-6-14(13)15/h4-7,12-13,17H,8-11H2,1-3H3. The van der Waals surface area contributed by atoms with E-state index in [1.54, 1.807) is 4.90 Å².